The molecule has 0 aromatic rings. The van der Waals surface area contributed by atoms with Crippen LogP contribution in [0, 0.1) is 0 Å². The summed E-state index contributed by atoms with van der Waals surface area (Å²) in [7, 11) is 3.21. The molecule has 4 nitrogen and oxygen atoms in total. The summed E-state index contributed by atoms with van der Waals surface area (Å²) in [5.41, 5.74) is 1.20. The van der Waals surface area contributed by atoms with E-state index in [4.69, 9.17) is 0 Å². The molecule has 14 heavy (non-hydrogen) atoms. The third-order valence-corrected chi connectivity index (χ3v) is 1.11. The molecular formula is C8H15Mn2N2O2-. The van der Waals surface area contributed by atoms with Gasteiger partial charge in [0.05, 0.1) is 0 Å². The molecule has 6 heteroatoms. The molecule has 0 saturated heterocycles. The van der Waals surface area contributed by atoms with Gasteiger partial charge in [-0.15, -0.1) is 13.7 Å². The fourth-order valence-electron chi connectivity index (χ4n) is 0.117. The number of nitrogens with zero attached hydrogens (tertiary/aromatic N) is 2. The van der Waals surface area contributed by atoms with Crippen molar-refractivity contribution in [2.45, 2.75) is 13.8 Å². The predicted molar refractivity (Wildman–Crippen MR) is 46.9 cm³/mol. The zero-order valence-corrected chi connectivity index (χ0v) is 11.1. The largest absolute Gasteiger partial charge is 2.00 e. The quantitative estimate of drug-likeness (QED) is 0.394. The molecule has 0 fully saturated rings. The van der Waals surface area contributed by atoms with Crippen molar-refractivity contribution < 1.29 is 44.4 Å². The molecule has 0 rings (SSSR count). The van der Waals surface area contributed by atoms with Crippen molar-refractivity contribution in [1.29, 1.82) is 0 Å². The van der Waals surface area contributed by atoms with Crippen molar-refractivity contribution in [3.63, 3.8) is 0 Å². The van der Waals surface area contributed by atoms with Crippen molar-refractivity contribution >= 4 is 5.71 Å². The molecular weight excluding hydrogens is 266 g/mol. The maximum absolute atomic E-state index is 9.73. The smallest absolute Gasteiger partial charge is 0.879 e. The summed E-state index contributed by atoms with van der Waals surface area (Å²) >= 11 is 0. The van der Waals surface area contributed by atoms with Gasteiger partial charge in [-0.05, 0) is 12.6 Å². The van der Waals surface area contributed by atoms with Gasteiger partial charge in [-0.2, -0.15) is 12.0 Å². The van der Waals surface area contributed by atoms with Crippen molar-refractivity contribution in [2.75, 3.05) is 20.7 Å². The van der Waals surface area contributed by atoms with Crippen LogP contribution in [0.25, 0.3) is 5.32 Å². The van der Waals surface area contributed by atoms with Crippen molar-refractivity contribution in [3.05, 3.63) is 17.3 Å². The molecule has 0 aliphatic carbocycles. The van der Waals surface area contributed by atoms with Gasteiger partial charge in [-0.1, -0.05) is 6.92 Å². The minimum absolute atomic E-state index is 0. The van der Waals surface area contributed by atoms with Gasteiger partial charge in [-0.3, -0.25) is 4.99 Å². The molecule has 0 saturated carbocycles. The van der Waals surface area contributed by atoms with Crippen LogP contribution in [-0.2, 0) is 34.1 Å². The Morgan fingerprint density at radius 3 is 1.86 bits per heavy atom. The van der Waals surface area contributed by atoms with E-state index in [2.05, 4.69) is 10.3 Å². The molecule has 2 radical (unpaired) electrons. The molecule has 0 N–H and O–H groups in total. The predicted octanol–water partition coefficient (Wildman–Crippen LogP) is -0.356. The Kier molecular flexibility index (Phi) is 31.7. The second-order valence-corrected chi connectivity index (χ2v) is 2.09. The molecule has 0 atom stereocenters. The topological polar surface area (TPSA) is 72.6 Å². The van der Waals surface area contributed by atoms with Crippen LogP contribution in [0.5, 0.6) is 0 Å². The van der Waals surface area contributed by atoms with Gasteiger partial charge in [0.1, 0.15) is 0 Å². The molecule has 0 spiro atoms. The van der Waals surface area contributed by atoms with Crippen LogP contribution in [0.3, 0.4) is 0 Å². The van der Waals surface area contributed by atoms with Crippen LogP contribution in [0.15, 0.2) is 17.0 Å². The summed E-state index contributed by atoms with van der Waals surface area (Å²) in [5.74, 6) is 0. The van der Waals surface area contributed by atoms with Crippen LogP contribution in [0.1, 0.15) is 13.8 Å². The summed E-state index contributed by atoms with van der Waals surface area (Å²) in [6, 6.07) is 0. The average Bonchev–Trinajstić information content (AvgIpc) is 2.16. The van der Waals surface area contributed by atoms with E-state index in [0.29, 0.717) is 11.4 Å². The number of rotatable bonds is 2. The van der Waals surface area contributed by atoms with Crippen molar-refractivity contribution in [2.24, 2.45) is 4.99 Å². The number of aliphatic imine (C=N–C) groups is 1. The molecule has 0 aromatic carbocycles. The Labute approximate surface area is 107 Å². The molecule has 0 aliphatic rings. The molecule has 0 aromatic heterocycles. The van der Waals surface area contributed by atoms with E-state index in [1.165, 1.54) is 0 Å². The molecule has 0 heterocycles. The first-order valence-corrected chi connectivity index (χ1v) is 3.51. The van der Waals surface area contributed by atoms with Crippen LogP contribution in [0.4, 0.5) is 0 Å². The Morgan fingerprint density at radius 1 is 1.43 bits per heavy atom. The van der Waals surface area contributed by atoms with Crippen LogP contribution >= 0.6 is 0 Å². The van der Waals surface area contributed by atoms with Gasteiger partial charge in [-0.25, -0.2) is 0 Å². The van der Waals surface area contributed by atoms with Gasteiger partial charge >= 0.3 is 17.1 Å². The fourth-order valence-corrected chi connectivity index (χ4v) is 0.117. The first-order chi connectivity index (χ1) is 5.62. The van der Waals surface area contributed by atoms with Crippen molar-refractivity contribution in [1.82, 2.24) is 0 Å². The first-order valence-electron chi connectivity index (χ1n) is 3.51. The SMILES string of the molecule is CN=C(C)C[O-].C[N-]C(C)=C[O-].[Mn+2].[Mn]. The van der Waals surface area contributed by atoms with Gasteiger partial charge in [0, 0.05) is 24.1 Å². The maximum Gasteiger partial charge on any atom is 2.00 e. The van der Waals surface area contributed by atoms with Crippen molar-refractivity contribution in [3.8, 4) is 0 Å². The molecule has 0 unspecified atom stereocenters. The Morgan fingerprint density at radius 2 is 1.86 bits per heavy atom. The molecule has 0 bridgehead atoms. The number of hydrogen-bond donors (Lipinski definition) is 0. The third kappa shape index (κ3) is 22.7. The fraction of sp³-hybridized carbons (Fsp3) is 0.625. The Hall–Kier alpha value is 0.00896. The van der Waals surface area contributed by atoms with E-state index >= 15 is 0 Å². The normalized spacial score (nSPS) is 10.1. The Bertz CT molecular complexity index is 143. The summed E-state index contributed by atoms with van der Waals surface area (Å²) < 4.78 is 0. The molecule has 0 amide bonds. The monoisotopic (exact) mass is 281 g/mol. The van der Waals surface area contributed by atoms with Gasteiger partial charge in [0.15, 0.2) is 0 Å². The zero-order valence-electron chi connectivity index (χ0n) is 8.75. The van der Waals surface area contributed by atoms with E-state index in [-0.39, 0.29) is 40.7 Å². The van der Waals surface area contributed by atoms with Crippen LogP contribution in [0.2, 0.25) is 0 Å². The maximum atomic E-state index is 9.73. The molecule has 84 valence electrons. The number of allylic oxidation sites excluding steroid dienone is 1. The van der Waals surface area contributed by atoms with Crippen LogP contribution in [-0.4, -0.2) is 26.4 Å². The second kappa shape index (κ2) is 18.7. The van der Waals surface area contributed by atoms with Crippen LogP contribution < -0.4 is 10.2 Å². The second-order valence-electron chi connectivity index (χ2n) is 2.09. The summed E-state index contributed by atoms with van der Waals surface area (Å²) in [6.07, 6.45) is 0.722. The summed E-state index contributed by atoms with van der Waals surface area (Å²) in [4.78, 5) is 3.61. The van der Waals surface area contributed by atoms with E-state index in [9.17, 15) is 10.2 Å². The van der Waals surface area contributed by atoms with Gasteiger partial charge in [0.2, 0.25) is 0 Å². The van der Waals surface area contributed by atoms with E-state index in [1.807, 2.05) is 0 Å². The minimum Gasteiger partial charge on any atom is -0.879 e. The zero-order chi connectivity index (χ0) is 9.98. The van der Waals surface area contributed by atoms with E-state index in [0.717, 1.165) is 6.26 Å². The third-order valence-electron chi connectivity index (χ3n) is 1.11. The standard InChI is InChI=1S/2C4H8NO.2Mn/c2*1-4(3-6)5-2;;/h3H2,1-2H3;3,6H,1-2H3;;/q2*-1;;+2/p-1. The Balaban J connectivity index is -0.0000000625. The number of hydrogen-bond acceptors (Lipinski definition) is 3. The van der Waals surface area contributed by atoms with E-state index in [1.54, 1.807) is 27.9 Å². The van der Waals surface area contributed by atoms with E-state index < -0.39 is 0 Å². The summed E-state index contributed by atoms with van der Waals surface area (Å²) in [6.45, 7) is 3.20. The first kappa shape index (κ1) is 23.7. The minimum atomic E-state index is -0.170. The van der Waals surface area contributed by atoms with Gasteiger partial charge in [0.25, 0.3) is 0 Å². The average molecular weight is 281 g/mol. The molecule has 0 aliphatic heterocycles. The van der Waals surface area contributed by atoms with Gasteiger partial charge < -0.3 is 15.5 Å². The summed E-state index contributed by atoms with van der Waals surface area (Å²) in [5, 5.41) is 22.9.